The molecule has 3 aliphatic heterocycles. The molecule has 2 amide bonds. The predicted molar refractivity (Wildman–Crippen MR) is 107 cm³/mol. The van der Waals surface area contributed by atoms with E-state index in [0.717, 1.165) is 51.6 Å². The predicted octanol–water partition coefficient (Wildman–Crippen LogP) is 1.47. The largest absolute Gasteiger partial charge is 0.444 e. The van der Waals surface area contributed by atoms with Crippen LogP contribution >= 0.6 is 0 Å². The monoisotopic (exact) mass is 395 g/mol. The summed E-state index contributed by atoms with van der Waals surface area (Å²) in [5.74, 6) is 0.0956. The van der Waals surface area contributed by atoms with E-state index in [1.165, 1.54) is 0 Å². The van der Waals surface area contributed by atoms with Crippen LogP contribution in [0.4, 0.5) is 4.79 Å². The Balaban J connectivity index is 1.74. The molecule has 0 aromatic rings. The van der Waals surface area contributed by atoms with Crippen molar-refractivity contribution < 1.29 is 14.3 Å². The summed E-state index contributed by atoms with van der Waals surface area (Å²) >= 11 is 0. The van der Waals surface area contributed by atoms with Crippen molar-refractivity contribution in [2.45, 2.75) is 96.1 Å². The van der Waals surface area contributed by atoms with Crippen molar-refractivity contribution in [3.05, 3.63) is 0 Å². The van der Waals surface area contributed by atoms with E-state index in [1.807, 2.05) is 27.7 Å². The first-order valence-electron chi connectivity index (χ1n) is 10.8. The van der Waals surface area contributed by atoms with Gasteiger partial charge in [0.05, 0.1) is 6.17 Å². The first kappa shape index (κ1) is 21.3. The molecule has 3 fully saturated rings. The number of carbonyl (C=O) groups is 2. The van der Waals surface area contributed by atoms with Crippen LogP contribution in [0.3, 0.4) is 0 Å². The normalized spacial score (nSPS) is 35.1. The molecule has 3 saturated heterocycles. The standard InChI is InChI=1S/C20H37N5O3/c1-13-6-5-7-15(23-19(27)28-20(2,3)4)16-12-14(8-10-21-16)25-17(9-11-22-25)24-18(13)26/h13-17,21-22H,5-12H2,1-4H3,(H,23,27)(H,24,26)/t13?,14-,15?,16?,17?/m0/s1. The summed E-state index contributed by atoms with van der Waals surface area (Å²) < 4.78 is 5.49. The third kappa shape index (κ3) is 5.58. The van der Waals surface area contributed by atoms with Crippen LogP contribution in [0.5, 0.6) is 0 Å². The number of hydrogen-bond donors (Lipinski definition) is 4. The molecule has 8 nitrogen and oxygen atoms in total. The van der Waals surface area contributed by atoms with E-state index < -0.39 is 5.60 Å². The van der Waals surface area contributed by atoms with Gasteiger partial charge >= 0.3 is 6.09 Å². The highest BCUT2D eigenvalue weighted by atomic mass is 16.6. The molecule has 0 aromatic heterocycles. The summed E-state index contributed by atoms with van der Waals surface area (Å²) in [6, 6.07) is 0.518. The van der Waals surface area contributed by atoms with Gasteiger partial charge in [-0.05, 0) is 59.4 Å². The first-order chi connectivity index (χ1) is 13.2. The van der Waals surface area contributed by atoms with E-state index in [2.05, 4.69) is 26.4 Å². The zero-order valence-electron chi connectivity index (χ0n) is 17.7. The van der Waals surface area contributed by atoms with E-state index in [4.69, 9.17) is 4.74 Å². The maximum atomic E-state index is 12.6. The van der Waals surface area contributed by atoms with Crippen LogP contribution in [0, 0.1) is 5.92 Å². The molecule has 5 atom stereocenters. The minimum Gasteiger partial charge on any atom is -0.444 e. The number of nitrogens with one attached hydrogen (secondary N) is 4. The summed E-state index contributed by atoms with van der Waals surface area (Å²) in [5.41, 5.74) is 2.95. The van der Waals surface area contributed by atoms with E-state index >= 15 is 0 Å². The second kappa shape index (κ2) is 8.97. The molecule has 0 radical (unpaired) electrons. The van der Waals surface area contributed by atoms with Gasteiger partial charge < -0.3 is 20.7 Å². The van der Waals surface area contributed by atoms with Crippen molar-refractivity contribution in [2.24, 2.45) is 5.92 Å². The summed E-state index contributed by atoms with van der Waals surface area (Å²) in [6.45, 7) is 9.40. The number of hydrazine groups is 1. The Morgan fingerprint density at radius 2 is 1.96 bits per heavy atom. The molecule has 0 saturated carbocycles. The number of carbonyl (C=O) groups excluding carboxylic acids is 2. The molecule has 160 valence electrons. The average molecular weight is 396 g/mol. The molecule has 3 rings (SSSR count). The molecule has 2 bridgehead atoms. The number of alkyl carbamates (subject to hydrolysis) is 1. The molecule has 0 aliphatic carbocycles. The van der Waals surface area contributed by atoms with Gasteiger partial charge in [0.25, 0.3) is 0 Å². The fourth-order valence-corrected chi connectivity index (χ4v) is 4.51. The lowest BCUT2D eigenvalue weighted by Gasteiger charge is -2.42. The highest BCUT2D eigenvalue weighted by Crippen LogP contribution is 2.25. The Kier molecular flexibility index (Phi) is 6.83. The quantitative estimate of drug-likeness (QED) is 0.537. The summed E-state index contributed by atoms with van der Waals surface area (Å²) in [4.78, 5) is 25.0. The molecular formula is C20H37N5O3. The van der Waals surface area contributed by atoms with Crippen molar-refractivity contribution in [3.63, 3.8) is 0 Å². The smallest absolute Gasteiger partial charge is 0.407 e. The minimum absolute atomic E-state index is 0.00612. The number of hydrogen-bond acceptors (Lipinski definition) is 6. The molecular weight excluding hydrogens is 358 g/mol. The Labute approximate surface area is 168 Å². The molecule has 8 heteroatoms. The number of nitrogens with zero attached hydrogens (tertiary/aromatic N) is 1. The number of piperidine rings is 1. The molecule has 3 heterocycles. The number of fused-ring (bicyclic) bond motifs is 4. The average Bonchev–Trinajstić information content (AvgIpc) is 3.06. The minimum atomic E-state index is -0.517. The van der Waals surface area contributed by atoms with Gasteiger partial charge in [-0.3, -0.25) is 10.2 Å². The number of ether oxygens (including phenoxy) is 1. The van der Waals surface area contributed by atoms with Crippen LogP contribution in [0.25, 0.3) is 0 Å². The van der Waals surface area contributed by atoms with Gasteiger partial charge in [0.2, 0.25) is 5.91 Å². The van der Waals surface area contributed by atoms with Crippen LogP contribution < -0.4 is 21.4 Å². The van der Waals surface area contributed by atoms with Crippen LogP contribution in [0.15, 0.2) is 0 Å². The Bertz CT molecular complexity index is 565. The highest BCUT2D eigenvalue weighted by Gasteiger charge is 2.38. The van der Waals surface area contributed by atoms with Gasteiger partial charge in [-0.25, -0.2) is 9.80 Å². The van der Waals surface area contributed by atoms with Crippen molar-refractivity contribution in [1.29, 1.82) is 0 Å². The van der Waals surface area contributed by atoms with Crippen molar-refractivity contribution in [1.82, 2.24) is 26.4 Å². The van der Waals surface area contributed by atoms with Crippen LogP contribution in [-0.2, 0) is 9.53 Å². The van der Waals surface area contributed by atoms with Gasteiger partial charge in [-0.1, -0.05) is 13.3 Å². The van der Waals surface area contributed by atoms with Gasteiger partial charge in [0.15, 0.2) is 0 Å². The molecule has 3 aliphatic rings. The molecule has 0 spiro atoms. The molecule has 0 aromatic carbocycles. The lowest BCUT2D eigenvalue weighted by atomic mass is 9.89. The molecule has 4 unspecified atom stereocenters. The van der Waals surface area contributed by atoms with Crippen LogP contribution in [0.2, 0.25) is 0 Å². The van der Waals surface area contributed by atoms with E-state index in [0.29, 0.717) is 6.04 Å². The highest BCUT2D eigenvalue weighted by molar-refractivity contribution is 5.78. The van der Waals surface area contributed by atoms with Gasteiger partial charge in [-0.15, -0.1) is 0 Å². The van der Waals surface area contributed by atoms with Crippen LogP contribution in [0.1, 0.15) is 66.2 Å². The number of amides is 2. The first-order valence-corrected chi connectivity index (χ1v) is 10.8. The summed E-state index contributed by atoms with van der Waals surface area (Å²) in [5, 5.41) is 12.2. The van der Waals surface area contributed by atoms with E-state index in [1.54, 1.807) is 0 Å². The van der Waals surface area contributed by atoms with Gasteiger partial charge in [-0.2, -0.15) is 0 Å². The maximum absolute atomic E-state index is 12.6. The topological polar surface area (TPSA) is 94.7 Å². The third-order valence-corrected chi connectivity index (χ3v) is 5.95. The van der Waals surface area contributed by atoms with Gasteiger partial charge in [0.1, 0.15) is 5.60 Å². The fourth-order valence-electron chi connectivity index (χ4n) is 4.51. The van der Waals surface area contributed by atoms with Crippen molar-refractivity contribution >= 4 is 12.0 Å². The Morgan fingerprint density at radius 1 is 1.18 bits per heavy atom. The SMILES string of the molecule is CC1CCCC(NC(=O)OC(C)(C)C)C2C[C@H](CCN2)N2NCCC2NC1=O. The van der Waals surface area contributed by atoms with Gasteiger partial charge in [0, 0.05) is 30.6 Å². The lowest BCUT2D eigenvalue weighted by Crippen LogP contribution is -2.61. The Morgan fingerprint density at radius 3 is 2.71 bits per heavy atom. The zero-order chi connectivity index (χ0) is 20.3. The van der Waals surface area contributed by atoms with E-state index in [-0.39, 0.29) is 36.2 Å². The second-order valence-corrected chi connectivity index (χ2v) is 9.45. The van der Waals surface area contributed by atoms with Crippen molar-refractivity contribution in [3.8, 4) is 0 Å². The second-order valence-electron chi connectivity index (χ2n) is 9.45. The fraction of sp³-hybridized carbons (Fsp3) is 0.900. The maximum Gasteiger partial charge on any atom is 0.407 e. The van der Waals surface area contributed by atoms with Crippen molar-refractivity contribution in [2.75, 3.05) is 13.1 Å². The third-order valence-electron chi connectivity index (χ3n) is 5.95. The zero-order valence-corrected chi connectivity index (χ0v) is 17.7. The summed E-state index contributed by atoms with van der Waals surface area (Å²) in [6.07, 6.45) is 5.09. The lowest BCUT2D eigenvalue weighted by molar-refractivity contribution is -0.127. The molecule has 4 N–H and O–H groups in total. The number of rotatable bonds is 1. The Hall–Kier alpha value is -1.38. The summed E-state index contributed by atoms with van der Waals surface area (Å²) in [7, 11) is 0. The van der Waals surface area contributed by atoms with Crippen LogP contribution in [-0.4, -0.2) is 60.0 Å². The molecule has 28 heavy (non-hydrogen) atoms. The van der Waals surface area contributed by atoms with E-state index in [9.17, 15) is 9.59 Å².